The number of methoxy groups -OCH3 is 1. The van der Waals surface area contributed by atoms with Crippen LogP contribution in [0.1, 0.15) is 19.4 Å². The Balaban J connectivity index is 2.76. The van der Waals surface area contributed by atoms with Crippen LogP contribution in [0, 0.1) is 22.6 Å². The van der Waals surface area contributed by atoms with E-state index in [1.54, 1.807) is 13.8 Å². The van der Waals surface area contributed by atoms with Crippen molar-refractivity contribution >= 4 is 5.97 Å². The normalized spacial score (nSPS) is 10.6. The van der Waals surface area contributed by atoms with Gasteiger partial charge < -0.3 is 9.47 Å². The van der Waals surface area contributed by atoms with E-state index in [4.69, 9.17) is 10.00 Å². The predicted octanol–water partition coefficient (Wildman–Crippen LogP) is 2.28. The quantitative estimate of drug-likeness (QED) is 0.770. The van der Waals surface area contributed by atoms with Crippen molar-refractivity contribution in [2.45, 2.75) is 13.8 Å². The van der Waals surface area contributed by atoms with Gasteiger partial charge in [0.25, 0.3) is 0 Å². The van der Waals surface area contributed by atoms with Crippen LogP contribution in [0.15, 0.2) is 18.2 Å². The van der Waals surface area contributed by atoms with Gasteiger partial charge >= 0.3 is 5.97 Å². The van der Waals surface area contributed by atoms with Crippen molar-refractivity contribution < 1.29 is 18.7 Å². The molecule has 0 bridgehead atoms. The number of hydrogen-bond acceptors (Lipinski definition) is 4. The number of carbonyl (C=O) groups excluding carboxylic acids is 1. The molecule has 0 amide bonds. The number of nitrogens with zero attached hydrogens (tertiary/aromatic N) is 1. The van der Waals surface area contributed by atoms with Gasteiger partial charge in [0.1, 0.15) is 6.61 Å². The smallest absolute Gasteiger partial charge is 0.314 e. The first-order chi connectivity index (χ1) is 8.40. The Morgan fingerprint density at radius 3 is 2.67 bits per heavy atom. The summed E-state index contributed by atoms with van der Waals surface area (Å²) < 4.78 is 23.4. The van der Waals surface area contributed by atoms with Crippen LogP contribution < -0.4 is 4.74 Å². The molecule has 0 heterocycles. The third-order valence-electron chi connectivity index (χ3n) is 2.39. The van der Waals surface area contributed by atoms with Crippen LogP contribution in [0.3, 0.4) is 0 Å². The molecule has 1 aromatic carbocycles. The van der Waals surface area contributed by atoms with Crippen molar-refractivity contribution in [1.29, 1.82) is 5.26 Å². The molecule has 96 valence electrons. The van der Waals surface area contributed by atoms with E-state index in [1.807, 2.05) is 6.07 Å². The van der Waals surface area contributed by atoms with Gasteiger partial charge in [0.2, 0.25) is 0 Å². The van der Waals surface area contributed by atoms with Crippen LogP contribution in [0.5, 0.6) is 5.75 Å². The summed E-state index contributed by atoms with van der Waals surface area (Å²) in [6.45, 7) is 3.27. The molecule has 0 atom stereocenters. The average Bonchev–Trinajstić information content (AvgIpc) is 2.36. The zero-order valence-electron chi connectivity index (χ0n) is 10.5. The van der Waals surface area contributed by atoms with Crippen LogP contribution in [0.4, 0.5) is 4.39 Å². The van der Waals surface area contributed by atoms with Crippen LogP contribution in [-0.4, -0.2) is 19.7 Å². The van der Waals surface area contributed by atoms with Gasteiger partial charge in [0.15, 0.2) is 11.6 Å². The number of benzene rings is 1. The Kier molecular flexibility index (Phi) is 4.27. The molecular weight excluding hydrogens is 237 g/mol. The Hall–Kier alpha value is -2.09. The Morgan fingerprint density at radius 1 is 1.50 bits per heavy atom. The van der Waals surface area contributed by atoms with Crippen LogP contribution in [0.2, 0.25) is 0 Å². The standard InChI is InChI=1S/C13H14FNO3/c1-13(2,12(16)17-3)8-18-11-5-4-9(7-15)6-10(11)14/h4-6H,8H2,1-3H3. The highest BCUT2D eigenvalue weighted by molar-refractivity contribution is 5.75. The molecule has 0 saturated carbocycles. The Bertz CT molecular complexity index is 491. The average molecular weight is 251 g/mol. The van der Waals surface area contributed by atoms with Gasteiger partial charge in [0, 0.05) is 0 Å². The van der Waals surface area contributed by atoms with Crippen molar-refractivity contribution in [3.63, 3.8) is 0 Å². The molecule has 0 fully saturated rings. The summed E-state index contributed by atoms with van der Waals surface area (Å²) in [7, 11) is 1.28. The van der Waals surface area contributed by atoms with E-state index in [-0.39, 0.29) is 17.9 Å². The van der Waals surface area contributed by atoms with Crippen molar-refractivity contribution in [2.75, 3.05) is 13.7 Å². The Morgan fingerprint density at radius 2 is 2.17 bits per heavy atom. The highest BCUT2D eigenvalue weighted by Crippen LogP contribution is 2.23. The molecule has 0 aliphatic carbocycles. The van der Waals surface area contributed by atoms with Crippen molar-refractivity contribution in [1.82, 2.24) is 0 Å². The van der Waals surface area contributed by atoms with Crippen LogP contribution in [-0.2, 0) is 9.53 Å². The van der Waals surface area contributed by atoms with E-state index in [0.717, 1.165) is 6.07 Å². The maximum Gasteiger partial charge on any atom is 0.314 e. The third kappa shape index (κ3) is 3.20. The number of rotatable bonds is 4. The minimum Gasteiger partial charge on any atom is -0.489 e. The van der Waals surface area contributed by atoms with E-state index < -0.39 is 17.2 Å². The molecular formula is C13H14FNO3. The maximum atomic E-state index is 13.5. The summed E-state index contributed by atoms with van der Waals surface area (Å²) in [5.74, 6) is -1.06. The number of esters is 1. The van der Waals surface area contributed by atoms with E-state index in [0.29, 0.717) is 0 Å². The summed E-state index contributed by atoms with van der Waals surface area (Å²) in [6.07, 6.45) is 0. The van der Waals surface area contributed by atoms with E-state index in [2.05, 4.69) is 4.74 Å². The summed E-state index contributed by atoms with van der Waals surface area (Å²) in [6, 6.07) is 5.72. The van der Waals surface area contributed by atoms with E-state index >= 15 is 0 Å². The molecule has 4 nitrogen and oxygen atoms in total. The monoisotopic (exact) mass is 251 g/mol. The molecule has 0 aromatic heterocycles. The second kappa shape index (κ2) is 5.50. The molecule has 0 aliphatic rings. The fourth-order valence-electron chi connectivity index (χ4n) is 1.28. The second-order valence-corrected chi connectivity index (χ2v) is 4.42. The minimum absolute atomic E-state index is 0.00554. The lowest BCUT2D eigenvalue weighted by molar-refractivity contribution is -0.152. The first-order valence-corrected chi connectivity index (χ1v) is 5.31. The molecule has 0 N–H and O–H groups in total. The third-order valence-corrected chi connectivity index (χ3v) is 2.39. The highest BCUT2D eigenvalue weighted by Gasteiger charge is 2.30. The molecule has 0 unspecified atom stereocenters. The van der Waals surface area contributed by atoms with E-state index in [9.17, 15) is 9.18 Å². The molecule has 0 aliphatic heterocycles. The lowest BCUT2D eigenvalue weighted by Crippen LogP contribution is -2.32. The van der Waals surface area contributed by atoms with Gasteiger partial charge in [-0.05, 0) is 32.0 Å². The molecule has 0 spiro atoms. The summed E-state index contributed by atoms with van der Waals surface area (Å²) in [5, 5.41) is 8.60. The minimum atomic E-state index is -0.866. The zero-order valence-corrected chi connectivity index (χ0v) is 10.5. The molecule has 5 heteroatoms. The summed E-state index contributed by atoms with van der Waals surface area (Å²) in [4.78, 5) is 11.4. The first-order valence-electron chi connectivity index (χ1n) is 5.31. The highest BCUT2D eigenvalue weighted by atomic mass is 19.1. The van der Waals surface area contributed by atoms with Gasteiger partial charge in [-0.25, -0.2) is 4.39 Å². The van der Waals surface area contributed by atoms with Crippen molar-refractivity contribution in [2.24, 2.45) is 5.41 Å². The topological polar surface area (TPSA) is 59.3 Å². The molecule has 0 saturated heterocycles. The summed E-state index contributed by atoms with van der Waals surface area (Å²) in [5.41, 5.74) is -0.651. The second-order valence-electron chi connectivity index (χ2n) is 4.42. The lowest BCUT2D eigenvalue weighted by atomic mass is 9.95. The number of ether oxygens (including phenoxy) is 2. The molecule has 0 radical (unpaired) electrons. The van der Waals surface area contributed by atoms with Gasteiger partial charge in [-0.1, -0.05) is 0 Å². The zero-order chi connectivity index (χ0) is 13.8. The SMILES string of the molecule is COC(=O)C(C)(C)COc1ccc(C#N)cc1F. The molecule has 18 heavy (non-hydrogen) atoms. The maximum absolute atomic E-state index is 13.5. The van der Waals surface area contributed by atoms with Gasteiger partial charge in [0.05, 0.1) is 24.2 Å². The molecule has 1 aromatic rings. The first kappa shape index (κ1) is 14.0. The van der Waals surface area contributed by atoms with Crippen LogP contribution >= 0.6 is 0 Å². The molecule has 1 rings (SSSR count). The number of hydrogen-bond donors (Lipinski definition) is 0. The lowest BCUT2D eigenvalue weighted by Gasteiger charge is -2.21. The van der Waals surface area contributed by atoms with E-state index in [1.165, 1.54) is 19.2 Å². The van der Waals surface area contributed by atoms with Crippen LogP contribution in [0.25, 0.3) is 0 Å². The predicted molar refractivity (Wildman–Crippen MR) is 62.4 cm³/mol. The fourth-order valence-corrected chi connectivity index (χ4v) is 1.28. The Labute approximate surface area is 105 Å². The summed E-state index contributed by atoms with van der Waals surface area (Å²) >= 11 is 0. The number of nitriles is 1. The van der Waals surface area contributed by atoms with Crippen molar-refractivity contribution in [3.8, 4) is 11.8 Å². The van der Waals surface area contributed by atoms with Crippen molar-refractivity contribution in [3.05, 3.63) is 29.6 Å². The largest absolute Gasteiger partial charge is 0.489 e. The van der Waals surface area contributed by atoms with Gasteiger partial charge in [-0.3, -0.25) is 4.79 Å². The fraction of sp³-hybridized carbons (Fsp3) is 0.385. The van der Waals surface area contributed by atoms with Gasteiger partial charge in [-0.15, -0.1) is 0 Å². The van der Waals surface area contributed by atoms with Gasteiger partial charge in [-0.2, -0.15) is 5.26 Å². The number of halogens is 1. The number of carbonyl (C=O) groups is 1.